The summed E-state index contributed by atoms with van der Waals surface area (Å²) >= 11 is 1.42. The zero-order valence-corrected chi connectivity index (χ0v) is 20.4. The molecule has 0 saturated carbocycles. The first-order valence-corrected chi connectivity index (χ1v) is 13.7. The minimum absolute atomic E-state index is 0.0361. The van der Waals surface area contributed by atoms with Crippen molar-refractivity contribution >= 4 is 60.0 Å². The summed E-state index contributed by atoms with van der Waals surface area (Å²) in [5, 5.41) is 9.44. The van der Waals surface area contributed by atoms with Crippen molar-refractivity contribution in [1.29, 1.82) is 0 Å². The Bertz CT molecular complexity index is 1390. The summed E-state index contributed by atoms with van der Waals surface area (Å²) in [7, 11) is -0.0361. The van der Waals surface area contributed by atoms with Gasteiger partial charge in [-0.25, -0.2) is 4.79 Å². The van der Waals surface area contributed by atoms with E-state index in [1.54, 1.807) is 0 Å². The van der Waals surface area contributed by atoms with Gasteiger partial charge in [-0.3, -0.25) is 14.9 Å². The number of ketones is 1. The zero-order valence-electron chi connectivity index (χ0n) is 18.8. The Labute approximate surface area is 204 Å². The maximum absolute atomic E-state index is 13.8. The van der Waals surface area contributed by atoms with Crippen LogP contribution >= 0.6 is 21.8 Å². The lowest BCUT2D eigenvalue weighted by Crippen LogP contribution is -2.59. The number of anilines is 1. The van der Waals surface area contributed by atoms with Crippen LogP contribution in [-0.2, 0) is 0 Å². The fourth-order valence-electron chi connectivity index (χ4n) is 5.51. The highest BCUT2D eigenvalue weighted by Gasteiger charge is 2.55. The molecule has 4 heterocycles. The molecule has 3 aromatic rings. The number of hydrogen-bond acceptors (Lipinski definition) is 4. The van der Waals surface area contributed by atoms with E-state index in [0.29, 0.717) is 36.6 Å². The predicted molar refractivity (Wildman–Crippen MR) is 139 cm³/mol. The summed E-state index contributed by atoms with van der Waals surface area (Å²) in [4.78, 5) is 42.1. The van der Waals surface area contributed by atoms with Crippen molar-refractivity contribution in [2.45, 2.75) is 29.4 Å². The van der Waals surface area contributed by atoms with Gasteiger partial charge in [-0.1, -0.05) is 36.4 Å². The average molecular weight is 492 g/mol. The second kappa shape index (κ2) is 8.06. The fraction of sp³-hybridized carbons (Fsp3) is 0.308. The number of rotatable bonds is 3. The third-order valence-electron chi connectivity index (χ3n) is 7.18. The number of hydrogen-bond donors (Lipinski definition) is 2. The van der Waals surface area contributed by atoms with Gasteiger partial charge < -0.3 is 10.2 Å². The van der Waals surface area contributed by atoms with E-state index in [1.807, 2.05) is 54.3 Å². The molecule has 34 heavy (non-hydrogen) atoms. The molecule has 0 radical (unpaired) electrons. The second-order valence-corrected chi connectivity index (χ2v) is 12.3. The molecule has 8 heteroatoms. The Hall–Kier alpha value is -2.97. The van der Waals surface area contributed by atoms with E-state index < -0.39 is 0 Å². The standard InChI is InChI=1S/C26H25N3O3S2/c1-2-27-25(32)28-23-22(18-8-3-5-9-20(18)33-23)24(31)29-12-11-26-13-19(30)17-7-4-6-10-21(17)34(26)15-16(26)14-29/h3-10,15-16H,2,11-14H2,1H3,(H2,27,28,32)/t16-,26?,34?/m0/s1. The fourth-order valence-corrected chi connectivity index (χ4v) is 9.62. The maximum atomic E-state index is 13.8. The number of carbonyl (C=O) groups excluding carboxylic acids is 3. The van der Waals surface area contributed by atoms with E-state index in [9.17, 15) is 14.4 Å². The monoisotopic (exact) mass is 491 g/mol. The molecule has 2 aromatic carbocycles. The zero-order chi connectivity index (χ0) is 23.4. The van der Waals surface area contributed by atoms with Crippen LogP contribution in [0.5, 0.6) is 0 Å². The number of nitrogens with one attached hydrogen (secondary N) is 2. The van der Waals surface area contributed by atoms with Gasteiger partial charge in [0.2, 0.25) is 0 Å². The Morgan fingerprint density at radius 1 is 1.18 bits per heavy atom. The largest absolute Gasteiger partial charge is 0.338 e. The first-order chi connectivity index (χ1) is 16.5. The van der Waals surface area contributed by atoms with Crippen molar-refractivity contribution in [3.05, 3.63) is 59.7 Å². The number of thiophene rings is 1. The van der Waals surface area contributed by atoms with Crippen LogP contribution in [0.25, 0.3) is 10.1 Å². The Balaban J connectivity index is 1.31. The van der Waals surface area contributed by atoms with Gasteiger partial charge in [0.25, 0.3) is 5.91 Å². The highest BCUT2D eigenvalue weighted by molar-refractivity contribution is 8.18. The summed E-state index contributed by atoms with van der Waals surface area (Å²) in [5.74, 6) is 0.395. The molecule has 6 nitrogen and oxygen atoms in total. The minimum atomic E-state index is -0.309. The van der Waals surface area contributed by atoms with Gasteiger partial charge in [-0.15, -0.1) is 11.3 Å². The van der Waals surface area contributed by atoms with Gasteiger partial charge in [-0.2, -0.15) is 10.5 Å². The number of urea groups is 1. The van der Waals surface area contributed by atoms with Gasteiger partial charge in [0.05, 0.1) is 5.56 Å². The van der Waals surface area contributed by atoms with Crippen LogP contribution < -0.4 is 10.6 Å². The molecule has 2 unspecified atom stereocenters. The molecule has 3 aliphatic heterocycles. The van der Waals surface area contributed by atoms with E-state index in [2.05, 4.69) is 22.1 Å². The molecule has 6 rings (SSSR count). The van der Waals surface area contributed by atoms with E-state index in [-0.39, 0.29) is 38.9 Å². The van der Waals surface area contributed by atoms with Crippen molar-refractivity contribution in [2.24, 2.45) is 5.92 Å². The first kappa shape index (κ1) is 21.6. The molecular weight excluding hydrogens is 466 g/mol. The molecule has 3 atom stereocenters. The van der Waals surface area contributed by atoms with Gasteiger partial charge in [-0.05, 0) is 30.8 Å². The Morgan fingerprint density at radius 3 is 2.79 bits per heavy atom. The first-order valence-electron chi connectivity index (χ1n) is 11.6. The number of Topliss-reactive ketones (excluding diaryl/α,β-unsaturated/α-hetero) is 1. The summed E-state index contributed by atoms with van der Waals surface area (Å²) in [6, 6.07) is 15.5. The summed E-state index contributed by atoms with van der Waals surface area (Å²) in [5.41, 5.74) is 1.43. The van der Waals surface area contributed by atoms with E-state index >= 15 is 0 Å². The molecule has 0 bridgehead atoms. The van der Waals surface area contributed by atoms with Crippen LogP contribution in [0.2, 0.25) is 0 Å². The molecule has 2 N–H and O–H groups in total. The van der Waals surface area contributed by atoms with Crippen molar-refractivity contribution in [3.8, 4) is 0 Å². The smallest absolute Gasteiger partial charge is 0.319 e. The summed E-state index contributed by atoms with van der Waals surface area (Å²) < 4.78 is 0.929. The number of benzene rings is 2. The number of amides is 3. The lowest BCUT2D eigenvalue weighted by atomic mass is 9.79. The molecule has 1 spiro atoms. The molecule has 174 valence electrons. The van der Waals surface area contributed by atoms with Gasteiger partial charge >= 0.3 is 6.03 Å². The molecular formula is C26H25N3O3S2. The second-order valence-electron chi connectivity index (χ2n) is 9.03. The van der Waals surface area contributed by atoms with Crippen LogP contribution in [0, 0.1) is 5.92 Å². The van der Waals surface area contributed by atoms with Crippen LogP contribution in [0.3, 0.4) is 0 Å². The molecule has 1 fully saturated rings. The van der Waals surface area contributed by atoms with Crippen LogP contribution in [0.4, 0.5) is 9.80 Å². The summed E-state index contributed by atoms with van der Waals surface area (Å²) in [6.45, 7) is 3.60. The third kappa shape index (κ3) is 3.15. The van der Waals surface area contributed by atoms with Crippen LogP contribution in [-0.4, -0.2) is 52.4 Å². The molecule has 3 amide bonds. The normalized spacial score (nSPS) is 24.9. The van der Waals surface area contributed by atoms with Crippen LogP contribution in [0.1, 0.15) is 40.5 Å². The van der Waals surface area contributed by atoms with Crippen molar-refractivity contribution in [1.82, 2.24) is 10.2 Å². The number of likely N-dealkylation sites (tertiary alicyclic amines) is 1. The lowest BCUT2D eigenvalue weighted by Gasteiger charge is -2.57. The molecule has 1 saturated heterocycles. The Kier molecular flexibility index (Phi) is 5.11. The van der Waals surface area contributed by atoms with Gasteiger partial charge in [0.1, 0.15) is 5.00 Å². The van der Waals surface area contributed by atoms with E-state index in [1.165, 1.54) is 16.2 Å². The van der Waals surface area contributed by atoms with Crippen molar-refractivity contribution in [3.63, 3.8) is 0 Å². The van der Waals surface area contributed by atoms with Crippen molar-refractivity contribution in [2.75, 3.05) is 25.0 Å². The topological polar surface area (TPSA) is 78.5 Å². The highest BCUT2D eigenvalue weighted by atomic mass is 32.2. The van der Waals surface area contributed by atoms with Gasteiger partial charge in [0.15, 0.2) is 5.78 Å². The van der Waals surface area contributed by atoms with Crippen LogP contribution in [0.15, 0.2) is 53.4 Å². The quantitative estimate of drug-likeness (QED) is 0.508. The summed E-state index contributed by atoms with van der Waals surface area (Å²) in [6.07, 6.45) is 1.39. The molecule has 1 aromatic heterocycles. The predicted octanol–water partition coefficient (Wildman–Crippen LogP) is 4.97. The SMILES string of the molecule is CCNC(=O)Nc1sc2ccccc2c1C(=O)N1CCC23CC(=O)c4ccccc4S2=C[C@@H]3C1. The number of piperidine rings is 1. The molecule has 3 aliphatic rings. The van der Waals surface area contributed by atoms with E-state index in [4.69, 9.17) is 0 Å². The maximum Gasteiger partial charge on any atom is 0.319 e. The number of carbonyl (C=O) groups is 3. The average Bonchev–Trinajstić information content (AvgIpc) is 3.18. The minimum Gasteiger partial charge on any atom is -0.338 e. The number of fused-ring (bicyclic) bond motifs is 3. The molecule has 0 aliphatic carbocycles. The highest BCUT2D eigenvalue weighted by Crippen LogP contribution is 2.61. The van der Waals surface area contributed by atoms with E-state index in [0.717, 1.165) is 22.1 Å². The third-order valence-corrected chi connectivity index (χ3v) is 11.2. The number of nitrogens with zero attached hydrogens (tertiary/aromatic N) is 1. The van der Waals surface area contributed by atoms with Gasteiger partial charge in [0, 0.05) is 57.3 Å². The Morgan fingerprint density at radius 2 is 1.97 bits per heavy atom. The van der Waals surface area contributed by atoms with Crippen molar-refractivity contribution < 1.29 is 14.4 Å². The lowest BCUT2D eigenvalue weighted by molar-refractivity contribution is 0.0662.